The first-order valence-corrected chi connectivity index (χ1v) is 8.56. The Bertz CT molecular complexity index is 854. The normalized spacial score (nSPS) is 10.9. The lowest BCUT2D eigenvalue weighted by Crippen LogP contribution is -2.06. The van der Waals surface area contributed by atoms with Gasteiger partial charge in [-0.05, 0) is 36.1 Å². The van der Waals surface area contributed by atoms with Gasteiger partial charge in [0.2, 0.25) is 0 Å². The average Bonchev–Trinajstić information content (AvgIpc) is 2.62. The second kappa shape index (κ2) is 7.34. The summed E-state index contributed by atoms with van der Waals surface area (Å²) >= 11 is 0. The summed E-state index contributed by atoms with van der Waals surface area (Å²) in [6, 6.07) is 16.2. The largest absolute Gasteiger partial charge is 0.399 e. The van der Waals surface area contributed by atoms with Gasteiger partial charge in [0.25, 0.3) is 0 Å². The summed E-state index contributed by atoms with van der Waals surface area (Å²) in [6.07, 6.45) is 1.88. The molecule has 0 radical (unpaired) electrons. The van der Waals surface area contributed by atoms with Crippen LogP contribution >= 0.6 is 0 Å². The fourth-order valence-electron chi connectivity index (χ4n) is 2.78. The minimum Gasteiger partial charge on any atom is -0.399 e. The number of rotatable bonds is 5. The molecule has 0 bridgehead atoms. The highest BCUT2D eigenvalue weighted by atomic mass is 15.0. The summed E-state index contributed by atoms with van der Waals surface area (Å²) in [5.74, 6) is 2.04. The van der Waals surface area contributed by atoms with Crippen LogP contribution in [0.2, 0.25) is 0 Å². The molecule has 2 aromatic carbocycles. The molecule has 4 heteroatoms. The van der Waals surface area contributed by atoms with Crippen LogP contribution in [0.3, 0.4) is 0 Å². The lowest BCUT2D eigenvalue weighted by atomic mass is 9.97. The van der Waals surface area contributed by atoms with Crippen molar-refractivity contribution >= 4 is 11.5 Å². The van der Waals surface area contributed by atoms with E-state index in [4.69, 9.17) is 10.7 Å². The zero-order chi connectivity index (χ0) is 17.8. The zero-order valence-electron chi connectivity index (χ0n) is 15.0. The van der Waals surface area contributed by atoms with Gasteiger partial charge in [-0.1, -0.05) is 50.2 Å². The highest BCUT2D eigenvalue weighted by Gasteiger charge is 2.12. The minimum atomic E-state index is 0.423. The second-order valence-corrected chi connectivity index (χ2v) is 6.56. The highest BCUT2D eigenvalue weighted by Crippen LogP contribution is 2.28. The number of aromatic nitrogens is 2. The Kier molecular flexibility index (Phi) is 4.98. The van der Waals surface area contributed by atoms with Gasteiger partial charge in [0.1, 0.15) is 5.82 Å². The number of nitrogen functional groups attached to an aromatic ring is 1. The molecule has 1 aromatic heterocycles. The number of anilines is 2. The Morgan fingerprint density at radius 1 is 1.04 bits per heavy atom. The van der Waals surface area contributed by atoms with Gasteiger partial charge in [-0.3, -0.25) is 0 Å². The third-order valence-electron chi connectivity index (χ3n) is 4.24. The Morgan fingerprint density at radius 2 is 1.76 bits per heavy atom. The first-order valence-electron chi connectivity index (χ1n) is 8.56. The van der Waals surface area contributed by atoms with Crippen molar-refractivity contribution < 1.29 is 0 Å². The van der Waals surface area contributed by atoms with Crippen LogP contribution in [-0.2, 0) is 6.54 Å². The van der Waals surface area contributed by atoms with Crippen molar-refractivity contribution in [1.82, 2.24) is 9.97 Å². The fourth-order valence-corrected chi connectivity index (χ4v) is 2.78. The average molecular weight is 332 g/mol. The van der Waals surface area contributed by atoms with Crippen LogP contribution in [0.5, 0.6) is 0 Å². The molecule has 0 aliphatic carbocycles. The third-order valence-corrected chi connectivity index (χ3v) is 4.24. The monoisotopic (exact) mass is 332 g/mol. The maximum absolute atomic E-state index is 5.74. The predicted octanol–water partition coefficient (Wildman–Crippen LogP) is 4.77. The number of aryl methyl sites for hydroxylation is 1. The van der Waals surface area contributed by atoms with E-state index in [9.17, 15) is 0 Å². The smallest absolute Gasteiger partial charge is 0.161 e. The number of nitrogens with one attached hydrogen (secondary N) is 1. The van der Waals surface area contributed by atoms with Gasteiger partial charge in [0.15, 0.2) is 5.82 Å². The van der Waals surface area contributed by atoms with Gasteiger partial charge in [-0.25, -0.2) is 9.97 Å². The van der Waals surface area contributed by atoms with E-state index in [2.05, 4.69) is 42.3 Å². The number of nitrogens with two attached hydrogens (primary N) is 1. The van der Waals surface area contributed by atoms with Gasteiger partial charge in [0, 0.05) is 29.6 Å². The standard InChI is InChI=1S/C21H24N4/c1-14(2)18-6-4-5-7-19(18)21-23-12-15(3)20(25-21)24-13-16-8-10-17(22)11-9-16/h4-12,14H,13,22H2,1-3H3,(H,23,24,25). The van der Waals surface area contributed by atoms with E-state index in [-0.39, 0.29) is 0 Å². The molecule has 3 N–H and O–H groups in total. The molecule has 0 amide bonds. The molecule has 25 heavy (non-hydrogen) atoms. The van der Waals surface area contributed by atoms with E-state index < -0.39 is 0 Å². The van der Waals surface area contributed by atoms with E-state index in [1.54, 1.807) is 0 Å². The molecule has 4 nitrogen and oxygen atoms in total. The topological polar surface area (TPSA) is 63.8 Å². The quantitative estimate of drug-likeness (QED) is 0.661. The molecule has 0 fully saturated rings. The van der Waals surface area contributed by atoms with Crippen molar-refractivity contribution in [3.63, 3.8) is 0 Å². The van der Waals surface area contributed by atoms with E-state index >= 15 is 0 Å². The summed E-state index contributed by atoms with van der Waals surface area (Å²) in [5.41, 5.74) is 11.1. The van der Waals surface area contributed by atoms with E-state index in [0.29, 0.717) is 12.5 Å². The van der Waals surface area contributed by atoms with Crippen LogP contribution in [0.1, 0.15) is 36.5 Å². The van der Waals surface area contributed by atoms with Gasteiger partial charge < -0.3 is 11.1 Å². The van der Waals surface area contributed by atoms with Crippen LogP contribution in [-0.4, -0.2) is 9.97 Å². The van der Waals surface area contributed by atoms with Gasteiger partial charge >= 0.3 is 0 Å². The molecule has 0 spiro atoms. The zero-order valence-corrected chi connectivity index (χ0v) is 15.0. The number of nitrogens with zero attached hydrogens (tertiary/aromatic N) is 2. The minimum absolute atomic E-state index is 0.423. The Labute approximate surface area is 149 Å². The molecule has 0 unspecified atom stereocenters. The Balaban J connectivity index is 1.87. The fraction of sp³-hybridized carbons (Fsp3) is 0.238. The lowest BCUT2D eigenvalue weighted by molar-refractivity contribution is 0.866. The summed E-state index contributed by atoms with van der Waals surface area (Å²) in [7, 11) is 0. The Hall–Kier alpha value is -2.88. The molecular formula is C21H24N4. The molecule has 1 heterocycles. The van der Waals surface area contributed by atoms with Crippen molar-refractivity contribution in [1.29, 1.82) is 0 Å². The lowest BCUT2D eigenvalue weighted by Gasteiger charge is -2.14. The van der Waals surface area contributed by atoms with Crippen molar-refractivity contribution in [3.05, 3.63) is 71.4 Å². The predicted molar refractivity (Wildman–Crippen MR) is 104 cm³/mol. The Morgan fingerprint density at radius 3 is 2.48 bits per heavy atom. The van der Waals surface area contributed by atoms with Crippen molar-refractivity contribution in [2.24, 2.45) is 0 Å². The molecule has 0 saturated heterocycles. The number of hydrogen-bond acceptors (Lipinski definition) is 4. The molecule has 3 rings (SSSR count). The summed E-state index contributed by atoms with van der Waals surface area (Å²) < 4.78 is 0. The molecule has 0 atom stereocenters. The second-order valence-electron chi connectivity index (χ2n) is 6.56. The van der Waals surface area contributed by atoms with Gasteiger partial charge in [0.05, 0.1) is 0 Å². The van der Waals surface area contributed by atoms with Crippen molar-refractivity contribution in [2.45, 2.75) is 33.2 Å². The van der Waals surface area contributed by atoms with Gasteiger partial charge in [-0.2, -0.15) is 0 Å². The van der Waals surface area contributed by atoms with Crippen LogP contribution in [0.4, 0.5) is 11.5 Å². The molecule has 3 aromatic rings. The maximum Gasteiger partial charge on any atom is 0.161 e. The maximum atomic E-state index is 5.74. The summed E-state index contributed by atoms with van der Waals surface area (Å²) in [6.45, 7) is 7.09. The van der Waals surface area contributed by atoms with Crippen LogP contribution in [0.25, 0.3) is 11.4 Å². The highest BCUT2D eigenvalue weighted by molar-refractivity contribution is 5.63. The first kappa shape index (κ1) is 17.0. The summed E-state index contributed by atoms with van der Waals surface area (Å²) in [4.78, 5) is 9.32. The van der Waals surface area contributed by atoms with Crippen molar-refractivity contribution in [2.75, 3.05) is 11.1 Å². The first-order chi connectivity index (χ1) is 12.0. The molecule has 0 aliphatic heterocycles. The number of hydrogen-bond donors (Lipinski definition) is 2. The molecule has 0 aliphatic rings. The SMILES string of the molecule is Cc1cnc(-c2ccccc2C(C)C)nc1NCc1ccc(N)cc1. The van der Waals surface area contributed by atoms with Crippen LogP contribution in [0.15, 0.2) is 54.7 Å². The van der Waals surface area contributed by atoms with Gasteiger partial charge in [-0.15, -0.1) is 0 Å². The molecular weight excluding hydrogens is 308 g/mol. The molecule has 0 saturated carbocycles. The molecule has 128 valence electrons. The van der Waals surface area contributed by atoms with E-state index in [0.717, 1.165) is 34.0 Å². The third kappa shape index (κ3) is 3.97. The summed E-state index contributed by atoms with van der Waals surface area (Å²) in [5, 5.41) is 3.42. The van der Waals surface area contributed by atoms with Crippen molar-refractivity contribution in [3.8, 4) is 11.4 Å². The van der Waals surface area contributed by atoms with E-state index in [1.165, 1.54) is 5.56 Å². The number of benzene rings is 2. The van der Waals surface area contributed by atoms with Crippen LogP contribution in [0, 0.1) is 6.92 Å². The van der Waals surface area contributed by atoms with Crippen LogP contribution < -0.4 is 11.1 Å². The van der Waals surface area contributed by atoms with E-state index in [1.807, 2.05) is 43.5 Å².